The second-order valence-electron chi connectivity index (χ2n) is 10.3. The molecule has 2 bridgehead atoms. The molecule has 1 aliphatic rings. The predicted octanol–water partition coefficient (Wildman–Crippen LogP) is 6.29. The number of hydrogen-bond acceptors (Lipinski definition) is 5. The molecule has 11 heteroatoms. The number of fused-ring (bicyclic) bond motifs is 4. The number of amides is 2. The second-order valence-corrected chi connectivity index (χ2v) is 10.3. The molecule has 0 saturated heterocycles. The molecule has 2 aromatic heterocycles. The third-order valence-electron chi connectivity index (χ3n) is 7.58. The van der Waals surface area contributed by atoms with Gasteiger partial charge >= 0.3 is 6.09 Å². The first-order valence-electron chi connectivity index (χ1n) is 13.8. The van der Waals surface area contributed by atoms with Crippen molar-refractivity contribution in [3.63, 3.8) is 0 Å². The summed E-state index contributed by atoms with van der Waals surface area (Å²) >= 11 is 0. The highest BCUT2D eigenvalue weighted by molar-refractivity contribution is 5.98. The molecule has 0 aliphatic carbocycles. The van der Waals surface area contributed by atoms with Gasteiger partial charge in [0.15, 0.2) is 6.20 Å². The van der Waals surface area contributed by atoms with E-state index >= 15 is 0 Å². The first-order valence-corrected chi connectivity index (χ1v) is 13.8. The van der Waals surface area contributed by atoms with E-state index in [2.05, 4.69) is 15.6 Å². The number of halogens is 2. The standard InChI is InChI=1S/C31H31F2N5O4/c1-4-24-28-20-13-12-19(34-31(40)42-3)15-25(20)36-30(39)17(2)7-5-8-21(29(35-24)37-28)26-14-11-18(16-38(26)41)27-22(32)9-6-10-23(27)33/h6,9-17,21H,4-5,7-8H2,1-3H3,(H,34,40)(H,35,37)(H,36,39)/t17?,21-/m1/s1. The second kappa shape index (κ2) is 12.0. The van der Waals surface area contributed by atoms with Crippen LogP contribution >= 0.6 is 0 Å². The Kier molecular flexibility index (Phi) is 8.19. The van der Waals surface area contributed by atoms with Crippen LogP contribution in [-0.4, -0.2) is 29.1 Å². The lowest BCUT2D eigenvalue weighted by molar-refractivity contribution is -0.614. The highest BCUT2D eigenvalue weighted by atomic mass is 19.1. The Morgan fingerprint density at radius 3 is 2.62 bits per heavy atom. The topological polar surface area (TPSA) is 123 Å². The first-order chi connectivity index (χ1) is 20.2. The minimum absolute atomic E-state index is 0.127. The van der Waals surface area contributed by atoms with Crippen LogP contribution < -0.4 is 15.4 Å². The largest absolute Gasteiger partial charge is 0.618 e. The quantitative estimate of drug-likeness (QED) is 0.195. The SMILES string of the molecule is CCc1[nH]c2nc1-c1ccc(NC(=O)OC)cc1NC(=O)C(C)CCC[C@@H]2c1ccc(-c2c(F)cccc2F)c[n+]1[O-]. The summed E-state index contributed by atoms with van der Waals surface area (Å²) in [5.41, 5.74) is 3.19. The van der Waals surface area contributed by atoms with Crippen LogP contribution in [0.1, 0.15) is 56.2 Å². The Labute approximate surface area is 241 Å². The van der Waals surface area contributed by atoms with Crippen LogP contribution in [0.4, 0.5) is 25.0 Å². The van der Waals surface area contributed by atoms with Gasteiger partial charge in [-0.1, -0.05) is 26.3 Å². The number of anilines is 2. The molecular weight excluding hydrogens is 544 g/mol. The summed E-state index contributed by atoms with van der Waals surface area (Å²) in [6.45, 7) is 3.80. The van der Waals surface area contributed by atoms with E-state index in [1.165, 1.54) is 25.4 Å². The number of imidazole rings is 1. The molecule has 0 fully saturated rings. The molecule has 2 atom stereocenters. The average molecular weight is 576 g/mol. The molecule has 0 radical (unpaired) electrons. The molecule has 42 heavy (non-hydrogen) atoms. The highest BCUT2D eigenvalue weighted by Gasteiger charge is 2.29. The number of benzene rings is 2. The van der Waals surface area contributed by atoms with Gasteiger partial charge in [-0.05, 0) is 55.7 Å². The number of nitrogens with zero attached hydrogens (tertiary/aromatic N) is 2. The predicted molar refractivity (Wildman–Crippen MR) is 154 cm³/mol. The van der Waals surface area contributed by atoms with Crippen molar-refractivity contribution in [2.24, 2.45) is 5.92 Å². The van der Waals surface area contributed by atoms with E-state index in [0.29, 0.717) is 64.6 Å². The van der Waals surface area contributed by atoms with E-state index in [1.807, 2.05) is 13.8 Å². The number of hydrogen-bond donors (Lipinski definition) is 3. The zero-order valence-corrected chi connectivity index (χ0v) is 23.5. The van der Waals surface area contributed by atoms with Crippen molar-refractivity contribution in [1.29, 1.82) is 0 Å². The van der Waals surface area contributed by atoms with Gasteiger partial charge in [-0.2, -0.15) is 4.73 Å². The Hall–Kier alpha value is -4.80. The van der Waals surface area contributed by atoms with Gasteiger partial charge in [-0.3, -0.25) is 10.1 Å². The molecule has 9 nitrogen and oxygen atoms in total. The van der Waals surface area contributed by atoms with Crippen LogP contribution in [0.2, 0.25) is 0 Å². The Balaban J connectivity index is 1.61. The molecule has 0 saturated carbocycles. The first kappa shape index (κ1) is 28.7. The fourth-order valence-corrected chi connectivity index (χ4v) is 5.30. The van der Waals surface area contributed by atoms with Crippen LogP contribution in [0.5, 0.6) is 0 Å². The van der Waals surface area contributed by atoms with Crippen LogP contribution in [0, 0.1) is 22.8 Å². The van der Waals surface area contributed by atoms with Gasteiger partial charge < -0.3 is 20.2 Å². The normalized spacial score (nSPS) is 16.9. The summed E-state index contributed by atoms with van der Waals surface area (Å²) in [5.74, 6) is -1.94. The van der Waals surface area contributed by atoms with Crippen LogP contribution in [0.15, 0.2) is 54.7 Å². The number of carbonyl (C=O) groups is 2. The molecular formula is C31H31F2N5O4. The Morgan fingerprint density at radius 2 is 1.93 bits per heavy atom. The molecule has 1 aliphatic heterocycles. The summed E-state index contributed by atoms with van der Waals surface area (Å²) in [4.78, 5) is 33.3. The summed E-state index contributed by atoms with van der Waals surface area (Å²) in [6.07, 6.45) is 2.79. The maximum absolute atomic E-state index is 14.4. The van der Waals surface area contributed by atoms with Crippen molar-refractivity contribution in [2.75, 3.05) is 17.7 Å². The average Bonchev–Trinajstić information content (AvgIpc) is 3.39. The zero-order chi connectivity index (χ0) is 30.0. The van der Waals surface area contributed by atoms with E-state index in [-0.39, 0.29) is 23.0 Å². The van der Waals surface area contributed by atoms with Crippen molar-refractivity contribution >= 4 is 23.4 Å². The number of aromatic nitrogens is 3. The van der Waals surface area contributed by atoms with Crippen LogP contribution in [0.3, 0.4) is 0 Å². The number of rotatable bonds is 4. The van der Waals surface area contributed by atoms with Gasteiger partial charge in [0.25, 0.3) is 0 Å². The van der Waals surface area contributed by atoms with E-state index in [4.69, 9.17) is 9.72 Å². The molecule has 5 rings (SSSR count). The number of pyridine rings is 1. The third-order valence-corrected chi connectivity index (χ3v) is 7.58. The van der Waals surface area contributed by atoms with Gasteiger partial charge in [0, 0.05) is 28.9 Å². The third kappa shape index (κ3) is 5.67. The van der Waals surface area contributed by atoms with Crippen molar-refractivity contribution in [3.05, 3.63) is 88.8 Å². The maximum Gasteiger partial charge on any atom is 0.411 e. The number of nitrogens with one attached hydrogen (secondary N) is 3. The van der Waals surface area contributed by atoms with E-state index < -0.39 is 23.6 Å². The van der Waals surface area contributed by atoms with E-state index in [1.54, 1.807) is 24.3 Å². The highest BCUT2D eigenvalue weighted by Crippen LogP contribution is 2.37. The molecule has 3 N–H and O–H groups in total. The smallest absolute Gasteiger partial charge is 0.411 e. The lowest BCUT2D eigenvalue weighted by Gasteiger charge is -2.19. The molecule has 1 unspecified atom stereocenters. The van der Waals surface area contributed by atoms with Crippen LogP contribution in [0.25, 0.3) is 22.4 Å². The number of aryl methyl sites for hydroxylation is 1. The Morgan fingerprint density at radius 1 is 1.17 bits per heavy atom. The fraction of sp³-hybridized carbons (Fsp3) is 0.290. The van der Waals surface area contributed by atoms with Crippen molar-refractivity contribution in [2.45, 2.75) is 45.4 Å². The van der Waals surface area contributed by atoms with Crippen molar-refractivity contribution < 1.29 is 27.8 Å². The fourth-order valence-electron chi connectivity index (χ4n) is 5.30. The van der Waals surface area contributed by atoms with Crippen LogP contribution in [-0.2, 0) is 16.0 Å². The molecule has 0 spiro atoms. The van der Waals surface area contributed by atoms with Crippen molar-refractivity contribution in [3.8, 4) is 22.4 Å². The summed E-state index contributed by atoms with van der Waals surface area (Å²) in [7, 11) is 1.26. The molecule has 4 aromatic rings. The minimum atomic E-state index is -0.757. The Bertz CT molecular complexity index is 1630. The molecule has 3 heterocycles. The summed E-state index contributed by atoms with van der Waals surface area (Å²) in [5, 5.41) is 19.0. The summed E-state index contributed by atoms with van der Waals surface area (Å²) in [6, 6.07) is 11.8. The van der Waals surface area contributed by atoms with Gasteiger partial charge in [0.2, 0.25) is 11.6 Å². The lowest BCUT2D eigenvalue weighted by atomic mass is 9.92. The van der Waals surface area contributed by atoms with Gasteiger partial charge in [0.1, 0.15) is 23.4 Å². The van der Waals surface area contributed by atoms with E-state index in [0.717, 1.165) is 17.8 Å². The number of methoxy groups -OCH3 is 1. The number of aromatic amines is 1. The zero-order valence-electron chi connectivity index (χ0n) is 23.5. The van der Waals surface area contributed by atoms with Gasteiger partial charge in [-0.25, -0.2) is 18.6 Å². The minimum Gasteiger partial charge on any atom is -0.618 e. The van der Waals surface area contributed by atoms with E-state index in [9.17, 15) is 23.6 Å². The van der Waals surface area contributed by atoms with Crippen molar-refractivity contribution in [1.82, 2.24) is 9.97 Å². The van der Waals surface area contributed by atoms with Gasteiger partial charge in [-0.15, -0.1) is 0 Å². The molecule has 2 aromatic carbocycles. The molecule has 218 valence electrons. The number of ether oxygens (including phenoxy) is 1. The number of H-pyrrole nitrogens is 1. The lowest BCUT2D eigenvalue weighted by Crippen LogP contribution is -2.34. The van der Waals surface area contributed by atoms with Gasteiger partial charge in [0.05, 0.1) is 29.6 Å². The monoisotopic (exact) mass is 575 g/mol. The maximum atomic E-state index is 14.4. The molecule has 2 amide bonds. The number of carbonyl (C=O) groups excluding carboxylic acids is 2. The summed E-state index contributed by atoms with van der Waals surface area (Å²) < 4.78 is 34.2.